The number of amides is 1. The maximum Gasteiger partial charge on any atom is 0.250 e. The fraction of sp³-hybridized carbons (Fsp3) is 0.0588. The summed E-state index contributed by atoms with van der Waals surface area (Å²) in [4.78, 5) is 11.8. The molecule has 6 heteroatoms. The number of carbonyl (C=O) groups excluding carboxylic acids is 1. The SMILES string of the molecule is Cc1ccc(NC(=S)NC(=O)/C=C/c2ccc(F)cc2)cc1Cl. The topological polar surface area (TPSA) is 41.1 Å². The smallest absolute Gasteiger partial charge is 0.250 e. The molecule has 0 fully saturated rings. The van der Waals surface area contributed by atoms with Crippen molar-refractivity contribution >= 4 is 46.6 Å². The van der Waals surface area contributed by atoms with Gasteiger partial charge in [0.15, 0.2) is 5.11 Å². The predicted molar refractivity (Wildman–Crippen MR) is 96.0 cm³/mol. The average molecular weight is 349 g/mol. The Kier molecular flexibility index (Phi) is 5.84. The molecule has 0 heterocycles. The van der Waals surface area contributed by atoms with Gasteiger partial charge in [0.25, 0.3) is 0 Å². The summed E-state index contributed by atoms with van der Waals surface area (Å²) >= 11 is 11.1. The first-order valence-electron chi connectivity index (χ1n) is 6.76. The van der Waals surface area contributed by atoms with Gasteiger partial charge in [-0.2, -0.15) is 0 Å². The van der Waals surface area contributed by atoms with Crippen LogP contribution in [0.3, 0.4) is 0 Å². The van der Waals surface area contributed by atoms with Crippen molar-refractivity contribution in [2.24, 2.45) is 0 Å². The van der Waals surface area contributed by atoms with E-state index >= 15 is 0 Å². The lowest BCUT2D eigenvalue weighted by atomic mass is 10.2. The van der Waals surface area contributed by atoms with Crippen LogP contribution in [0, 0.1) is 12.7 Å². The monoisotopic (exact) mass is 348 g/mol. The molecule has 0 unspecified atom stereocenters. The zero-order chi connectivity index (χ0) is 16.8. The number of carbonyl (C=O) groups is 1. The molecule has 3 nitrogen and oxygen atoms in total. The number of hydrogen-bond acceptors (Lipinski definition) is 2. The van der Waals surface area contributed by atoms with Crippen molar-refractivity contribution in [3.8, 4) is 0 Å². The van der Waals surface area contributed by atoms with Crippen LogP contribution >= 0.6 is 23.8 Å². The third kappa shape index (κ3) is 5.47. The van der Waals surface area contributed by atoms with Gasteiger partial charge in [-0.25, -0.2) is 4.39 Å². The Bertz CT molecular complexity index is 760. The number of halogens is 2. The van der Waals surface area contributed by atoms with Gasteiger partial charge in [0.05, 0.1) is 0 Å². The molecule has 2 aromatic carbocycles. The molecule has 0 saturated heterocycles. The first-order chi connectivity index (χ1) is 10.9. The molecule has 0 atom stereocenters. The van der Waals surface area contributed by atoms with Crippen molar-refractivity contribution in [2.75, 3.05) is 5.32 Å². The third-order valence-electron chi connectivity index (χ3n) is 2.96. The van der Waals surface area contributed by atoms with Crippen molar-refractivity contribution in [3.63, 3.8) is 0 Å². The van der Waals surface area contributed by atoms with E-state index < -0.39 is 0 Å². The Hall–Kier alpha value is -2.24. The van der Waals surface area contributed by atoms with E-state index in [-0.39, 0.29) is 16.8 Å². The summed E-state index contributed by atoms with van der Waals surface area (Å²) in [6.45, 7) is 1.90. The number of thiocarbonyl (C=S) groups is 1. The Balaban J connectivity index is 1.90. The van der Waals surface area contributed by atoms with Crippen molar-refractivity contribution in [1.82, 2.24) is 5.32 Å². The van der Waals surface area contributed by atoms with E-state index in [4.69, 9.17) is 23.8 Å². The van der Waals surface area contributed by atoms with E-state index in [0.717, 1.165) is 5.56 Å². The van der Waals surface area contributed by atoms with E-state index in [1.807, 2.05) is 19.1 Å². The van der Waals surface area contributed by atoms with Crippen molar-refractivity contribution in [2.45, 2.75) is 6.92 Å². The van der Waals surface area contributed by atoms with Crippen molar-refractivity contribution in [3.05, 3.63) is 70.5 Å². The van der Waals surface area contributed by atoms with Gasteiger partial charge in [0.2, 0.25) is 5.91 Å². The van der Waals surface area contributed by atoms with E-state index in [0.29, 0.717) is 16.3 Å². The van der Waals surface area contributed by atoms with Crippen LogP contribution in [0.2, 0.25) is 5.02 Å². The molecule has 0 bridgehead atoms. The summed E-state index contributed by atoms with van der Waals surface area (Å²) in [6, 6.07) is 11.2. The molecule has 23 heavy (non-hydrogen) atoms. The maximum atomic E-state index is 12.8. The minimum absolute atomic E-state index is 0.165. The lowest BCUT2D eigenvalue weighted by Crippen LogP contribution is -2.32. The van der Waals surface area contributed by atoms with E-state index in [1.54, 1.807) is 24.3 Å². The predicted octanol–water partition coefficient (Wildman–Crippen LogP) is 4.31. The second kappa shape index (κ2) is 7.85. The molecular formula is C17H14ClFN2OS. The maximum absolute atomic E-state index is 12.8. The van der Waals surface area contributed by atoms with Crippen LogP contribution < -0.4 is 10.6 Å². The molecule has 0 radical (unpaired) electrons. The van der Waals surface area contributed by atoms with Gasteiger partial charge >= 0.3 is 0 Å². The number of hydrogen-bond donors (Lipinski definition) is 2. The molecule has 0 aromatic heterocycles. The van der Waals surface area contributed by atoms with Gasteiger partial charge in [-0.3, -0.25) is 10.1 Å². The number of benzene rings is 2. The summed E-state index contributed by atoms with van der Waals surface area (Å²) < 4.78 is 12.8. The van der Waals surface area contributed by atoms with Gasteiger partial charge < -0.3 is 5.32 Å². The van der Waals surface area contributed by atoms with E-state index in [1.165, 1.54) is 18.2 Å². The molecule has 2 rings (SSSR count). The highest BCUT2D eigenvalue weighted by Crippen LogP contribution is 2.19. The summed E-state index contributed by atoms with van der Waals surface area (Å²) in [6.07, 6.45) is 2.89. The largest absolute Gasteiger partial charge is 0.332 e. The fourth-order valence-corrected chi connectivity index (χ4v) is 2.13. The van der Waals surface area contributed by atoms with Gasteiger partial charge in [-0.05, 0) is 60.6 Å². The normalized spacial score (nSPS) is 10.6. The fourth-order valence-electron chi connectivity index (χ4n) is 1.73. The first kappa shape index (κ1) is 17.1. The lowest BCUT2D eigenvalue weighted by molar-refractivity contribution is -0.115. The third-order valence-corrected chi connectivity index (χ3v) is 3.57. The molecule has 0 saturated carbocycles. The van der Waals surface area contributed by atoms with Gasteiger partial charge in [0, 0.05) is 16.8 Å². The molecule has 0 aliphatic heterocycles. The second-order valence-corrected chi connectivity index (χ2v) is 5.61. The standard InChI is InChI=1S/C17H14ClFN2OS/c1-11-2-8-14(10-15(11)18)20-17(23)21-16(22)9-5-12-3-6-13(19)7-4-12/h2-10H,1H3,(H2,20,21,22,23)/b9-5+. The molecule has 2 N–H and O–H groups in total. The minimum atomic E-state index is -0.384. The Labute approximate surface area is 144 Å². The summed E-state index contributed by atoms with van der Waals surface area (Å²) in [5.74, 6) is -0.709. The van der Waals surface area contributed by atoms with Gasteiger partial charge in [-0.1, -0.05) is 29.8 Å². The molecule has 118 valence electrons. The van der Waals surface area contributed by atoms with Crippen molar-refractivity contribution in [1.29, 1.82) is 0 Å². The van der Waals surface area contributed by atoms with Crippen LogP contribution in [0.5, 0.6) is 0 Å². The van der Waals surface area contributed by atoms with Crippen LogP contribution in [-0.2, 0) is 4.79 Å². The Morgan fingerprint density at radius 1 is 1.22 bits per heavy atom. The first-order valence-corrected chi connectivity index (χ1v) is 7.54. The number of anilines is 1. The lowest BCUT2D eigenvalue weighted by Gasteiger charge is -2.09. The molecule has 0 aliphatic rings. The summed E-state index contributed by atoms with van der Waals surface area (Å²) in [5, 5.41) is 6.18. The summed E-state index contributed by atoms with van der Waals surface area (Å²) in [5.41, 5.74) is 2.36. The number of rotatable bonds is 3. The van der Waals surface area contributed by atoms with Crippen LogP contribution in [0.4, 0.5) is 10.1 Å². The highest BCUT2D eigenvalue weighted by Gasteiger charge is 2.03. The number of nitrogens with one attached hydrogen (secondary N) is 2. The van der Waals surface area contributed by atoms with E-state index in [2.05, 4.69) is 10.6 Å². The Morgan fingerprint density at radius 2 is 1.91 bits per heavy atom. The molecular weight excluding hydrogens is 335 g/mol. The number of aryl methyl sites for hydroxylation is 1. The quantitative estimate of drug-likeness (QED) is 0.641. The highest BCUT2D eigenvalue weighted by molar-refractivity contribution is 7.80. The molecule has 0 spiro atoms. The highest BCUT2D eigenvalue weighted by atomic mass is 35.5. The van der Waals surface area contributed by atoms with Crippen LogP contribution in [0.1, 0.15) is 11.1 Å². The zero-order valence-corrected chi connectivity index (χ0v) is 13.8. The molecule has 0 aliphatic carbocycles. The van der Waals surface area contributed by atoms with Crippen LogP contribution in [0.15, 0.2) is 48.5 Å². The van der Waals surface area contributed by atoms with E-state index in [9.17, 15) is 9.18 Å². The Morgan fingerprint density at radius 3 is 2.57 bits per heavy atom. The molecule has 2 aromatic rings. The summed E-state index contributed by atoms with van der Waals surface area (Å²) in [7, 11) is 0. The van der Waals surface area contributed by atoms with Crippen LogP contribution in [-0.4, -0.2) is 11.0 Å². The van der Waals surface area contributed by atoms with Gasteiger partial charge in [-0.15, -0.1) is 0 Å². The average Bonchev–Trinajstić information content (AvgIpc) is 2.50. The molecule has 1 amide bonds. The van der Waals surface area contributed by atoms with Crippen LogP contribution in [0.25, 0.3) is 6.08 Å². The van der Waals surface area contributed by atoms with Gasteiger partial charge in [0.1, 0.15) is 5.82 Å². The zero-order valence-electron chi connectivity index (χ0n) is 12.3. The second-order valence-electron chi connectivity index (χ2n) is 4.79. The minimum Gasteiger partial charge on any atom is -0.332 e. The van der Waals surface area contributed by atoms with Crippen molar-refractivity contribution < 1.29 is 9.18 Å².